The fourth-order valence-electron chi connectivity index (χ4n) is 2.66. The van der Waals surface area contributed by atoms with Crippen molar-refractivity contribution in [3.63, 3.8) is 0 Å². The molecule has 0 saturated carbocycles. The van der Waals surface area contributed by atoms with Gasteiger partial charge in [-0.2, -0.15) is 0 Å². The van der Waals surface area contributed by atoms with E-state index in [-0.39, 0.29) is 0 Å². The molecule has 0 amide bonds. The smallest absolute Gasteiger partial charge is 0.151 e. The standard InChI is InChI=1S/C19H23N3O2/c1-14(19-7-6-15(2)23-19)8-10-22(3)13-17-11-18(21-24-17)16-5-4-9-20-12-16/h4-7,9,11-12,14H,8,10,13H2,1-3H3/t14-/m0/s1. The van der Waals surface area contributed by atoms with E-state index in [0.717, 1.165) is 48.0 Å². The lowest BCUT2D eigenvalue weighted by Gasteiger charge is -2.17. The Balaban J connectivity index is 1.52. The predicted molar refractivity (Wildman–Crippen MR) is 92.5 cm³/mol. The maximum absolute atomic E-state index is 5.70. The Morgan fingerprint density at radius 1 is 1.25 bits per heavy atom. The van der Waals surface area contributed by atoms with E-state index in [4.69, 9.17) is 8.94 Å². The minimum Gasteiger partial charge on any atom is -0.466 e. The SMILES string of the molecule is Cc1ccc([C@@H](C)CCN(C)Cc2cc(-c3cccnc3)no2)o1. The Labute approximate surface area is 142 Å². The number of hydrogen-bond acceptors (Lipinski definition) is 5. The third-order valence-electron chi connectivity index (χ3n) is 4.13. The van der Waals surface area contributed by atoms with E-state index < -0.39 is 0 Å². The van der Waals surface area contributed by atoms with Gasteiger partial charge in [-0.3, -0.25) is 9.88 Å². The zero-order valence-electron chi connectivity index (χ0n) is 14.4. The molecule has 0 bridgehead atoms. The molecule has 0 fully saturated rings. The summed E-state index contributed by atoms with van der Waals surface area (Å²) in [5.74, 6) is 3.29. The van der Waals surface area contributed by atoms with Gasteiger partial charge >= 0.3 is 0 Å². The van der Waals surface area contributed by atoms with Gasteiger partial charge in [-0.1, -0.05) is 12.1 Å². The fourth-order valence-corrected chi connectivity index (χ4v) is 2.66. The fraction of sp³-hybridized carbons (Fsp3) is 0.368. The van der Waals surface area contributed by atoms with Gasteiger partial charge in [-0.25, -0.2) is 0 Å². The quantitative estimate of drug-likeness (QED) is 0.649. The van der Waals surface area contributed by atoms with Crippen LogP contribution in [-0.2, 0) is 6.54 Å². The van der Waals surface area contributed by atoms with E-state index >= 15 is 0 Å². The van der Waals surface area contributed by atoms with Crippen LogP contribution in [0.3, 0.4) is 0 Å². The Kier molecular flexibility index (Phi) is 5.11. The first-order chi connectivity index (χ1) is 11.6. The van der Waals surface area contributed by atoms with Crippen LogP contribution in [0.25, 0.3) is 11.3 Å². The molecule has 0 radical (unpaired) electrons. The molecule has 0 aliphatic carbocycles. The van der Waals surface area contributed by atoms with E-state index in [0.29, 0.717) is 5.92 Å². The van der Waals surface area contributed by atoms with Crippen LogP contribution in [0, 0.1) is 6.92 Å². The van der Waals surface area contributed by atoms with Gasteiger partial charge in [0.05, 0.1) is 6.54 Å². The van der Waals surface area contributed by atoms with Gasteiger partial charge in [0.15, 0.2) is 5.76 Å². The maximum atomic E-state index is 5.70. The second-order valence-corrected chi connectivity index (χ2v) is 6.30. The highest BCUT2D eigenvalue weighted by Crippen LogP contribution is 2.22. The second kappa shape index (κ2) is 7.45. The minimum atomic E-state index is 0.404. The van der Waals surface area contributed by atoms with Crippen LogP contribution in [0.1, 0.15) is 36.5 Å². The third-order valence-corrected chi connectivity index (χ3v) is 4.13. The summed E-state index contributed by atoms with van der Waals surface area (Å²) in [7, 11) is 2.09. The molecule has 0 saturated heterocycles. The molecule has 3 heterocycles. The summed E-state index contributed by atoms with van der Waals surface area (Å²) < 4.78 is 11.1. The second-order valence-electron chi connectivity index (χ2n) is 6.30. The molecule has 0 aliphatic heterocycles. The van der Waals surface area contributed by atoms with E-state index in [1.165, 1.54) is 0 Å². The first kappa shape index (κ1) is 16.5. The molecule has 3 aromatic rings. The average molecular weight is 325 g/mol. The highest BCUT2D eigenvalue weighted by atomic mass is 16.5. The van der Waals surface area contributed by atoms with Crippen LogP contribution in [0.5, 0.6) is 0 Å². The zero-order chi connectivity index (χ0) is 16.9. The summed E-state index contributed by atoms with van der Waals surface area (Å²) in [6.45, 7) is 5.87. The highest BCUT2D eigenvalue weighted by molar-refractivity contribution is 5.57. The monoisotopic (exact) mass is 325 g/mol. The average Bonchev–Trinajstić information content (AvgIpc) is 3.23. The summed E-state index contributed by atoms with van der Waals surface area (Å²) >= 11 is 0. The van der Waals surface area contributed by atoms with Crippen molar-refractivity contribution in [2.75, 3.05) is 13.6 Å². The molecule has 3 rings (SSSR count). The van der Waals surface area contributed by atoms with Gasteiger partial charge in [0, 0.05) is 29.9 Å². The number of rotatable bonds is 7. The molecule has 5 heteroatoms. The van der Waals surface area contributed by atoms with Crippen molar-refractivity contribution in [1.29, 1.82) is 0 Å². The van der Waals surface area contributed by atoms with Gasteiger partial charge in [0.2, 0.25) is 0 Å². The van der Waals surface area contributed by atoms with Crippen molar-refractivity contribution in [3.8, 4) is 11.3 Å². The van der Waals surface area contributed by atoms with Crippen molar-refractivity contribution in [3.05, 3.63) is 60.0 Å². The molecule has 5 nitrogen and oxygen atoms in total. The summed E-state index contributed by atoms with van der Waals surface area (Å²) in [4.78, 5) is 6.35. The Morgan fingerprint density at radius 2 is 2.12 bits per heavy atom. The molecule has 0 aliphatic rings. The number of furan rings is 1. The Bertz CT molecular complexity index is 764. The van der Waals surface area contributed by atoms with Crippen molar-refractivity contribution in [2.45, 2.75) is 32.7 Å². The lowest BCUT2D eigenvalue weighted by molar-refractivity contribution is 0.262. The number of nitrogens with zero attached hydrogens (tertiary/aromatic N) is 3. The molecular weight excluding hydrogens is 302 g/mol. The molecular formula is C19H23N3O2. The number of aryl methyl sites for hydroxylation is 1. The van der Waals surface area contributed by atoms with Crippen molar-refractivity contribution >= 4 is 0 Å². The van der Waals surface area contributed by atoms with E-state index in [1.807, 2.05) is 31.2 Å². The summed E-state index contributed by atoms with van der Waals surface area (Å²) in [6, 6.07) is 9.94. The summed E-state index contributed by atoms with van der Waals surface area (Å²) in [5, 5.41) is 4.13. The van der Waals surface area contributed by atoms with Crippen LogP contribution in [0.2, 0.25) is 0 Å². The van der Waals surface area contributed by atoms with Gasteiger partial charge in [0.1, 0.15) is 17.2 Å². The van der Waals surface area contributed by atoms with E-state index in [1.54, 1.807) is 12.4 Å². The molecule has 0 spiro atoms. The van der Waals surface area contributed by atoms with Gasteiger partial charge < -0.3 is 8.94 Å². The lowest BCUT2D eigenvalue weighted by atomic mass is 10.1. The molecule has 0 N–H and O–H groups in total. The van der Waals surface area contributed by atoms with Gasteiger partial charge in [-0.15, -0.1) is 0 Å². The van der Waals surface area contributed by atoms with E-state index in [2.05, 4.69) is 35.1 Å². The molecule has 3 aromatic heterocycles. The zero-order valence-corrected chi connectivity index (χ0v) is 14.4. The molecule has 24 heavy (non-hydrogen) atoms. The van der Waals surface area contributed by atoms with E-state index in [9.17, 15) is 0 Å². The first-order valence-corrected chi connectivity index (χ1v) is 8.22. The maximum Gasteiger partial charge on any atom is 0.151 e. The summed E-state index contributed by atoms with van der Waals surface area (Å²) in [5.41, 5.74) is 1.79. The number of pyridine rings is 1. The molecule has 126 valence electrons. The Morgan fingerprint density at radius 3 is 2.83 bits per heavy atom. The Hall–Kier alpha value is -2.40. The van der Waals surface area contributed by atoms with Crippen LogP contribution in [-0.4, -0.2) is 28.6 Å². The van der Waals surface area contributed by atoms with Crippen LogP contribution < -0.4 is 0 Å². The normalized spacial score (nSPS) is 12.7. The van der Waals surface area contributed by atoms with Gasteiger partial charge in [0.25, 0.3) is 0 Å². The molecule has 1 atom stereocenters. The van der Waals surface area contributed by atoms with Crippen LogP contribution in [0.4, 0.5) is 0 Å². The van der Waals surface area contributed by atoms with Crippen LogP contribution >= 0.6 is 0 Å². The number of aromatic nitrogens is 2. The van der Waals surface area contributed by atoms with Crippen LogP contribution in [0.15, 0.2) is 51.7 Å². The summed E-state index contributed by atoms with van der Waals surface area (Å²) in [6.07, 6.45) is 4.57. The molecule has 0 aromatic carbocycles. The predicted octanol–water partition coefficient (Wildman–Crippen LogP) is 4.26. The highest BCUT2D eigenvalue weighted by Gasteiger charge is 2.13. The van der Waals surface area contributed by atoms with Crippen molar-refractivity contribution < 1.29 is 8.94 Å². The van der Waals surface area contributed by atoms with Crippen molar-refractivity contribution in [2.24, 2.45) is 0 Å². The minimum absolute atomic E-state index is 0.404. The lowest BCUT2D eigenvalue weighted by Crippen LogP contribution is -2.20. The number of hydrogen-bond donors (Lipinski definition) is 0. The topological polar surface area (TPSA) is 55.3 Å². The largest absolute Gasteiger partial charge is 0.466 e. The first-order valence-electron chi connectivity index (χ1n) is 8.22. The molecule has 0 unspecified atom stereocenters. The van der Waals surface area contributed by atoms with Crippen molar-refractivity contribution in [1.82, 2.24) is 15.0 Å². The van der Waals surface area contributed by atoms with Gasteiger partial charge in [-0.05, 0) is 51.2 Å². The third kappa shape index (κ3) is 4.11.